The van der Waals surface area contributed by atoms with Crippen molar-refractivity contribution in [2.24, 2.45) is 0 Å². The van der Waals surface area contributed by atoms with Crippen LogP contribution in [0.4, 0.5) is 4.39 Å². The van der Waals surface area contributed by atoms with Gasteiger partial charge in [0.15, 0.2) is 18.2 Å². The van der Waals surface area contributed by atoms with Gasteiger partial charge in [-0.05, 0) is 30.2 Å². The monoisotopic (exact) mass is 303 g/mol. The molecule has 0 aliphatic carbocycles. The molecule has 0 fully saturated rings. The Morgan fingerprint density at radius 1 is 1.09 bits per heavy atom. The third-order valence-corrected chi connectivity index (χ3v) is 3.10. The summed E-state index contributed by atoms with van der Waals surface area (Å²) in [7, 11) is 1.61. The molecule has 0 bridgehead atoms. The molecule has 2 aromatic carbocycles. The van der Waals surface area contributed by atoms with E-state index in [0.717, 1.165) is 11.3 Å². The minimum atomic E-state index is -0.482. The van der Waals surface area contributed by atoms with E-state index in [-0.39, 0.29) is 18.3 Å². The van der Waals surface area contributed by atoms with Crippen LogP contribution >= 0.6 is 0 Å². The molecule has 0 spiro atoms. The molecule has 0 aliphatic rings. The molecule has 0 saturated carbocycles. The highest BCUT2D eigenvalue weighted by Crippen LogP contribution is 2.17. The number of nitrogens with one attached hydrogen (secondary N) is 1. The second kappa shape index (κ2) is 8.02. The minimum Gasteiger partial charge on any atom is -0.496 e. The number of halogens is 1. The van der Waals surface area contributed by atoms with Crippen LogP contribution in [0.1, 0.15) is 5.56 Å². The molecule has 22 heavy (non-hydrogen) atoms. The van der Waals surface area contributed by atoms with Gasteiger partial charge in [0.1, 0.15) is 5.75 Å². The molecule has 0 heterocycles. The van der Waals surface area contributed by atoms with Gasteiger partial charge in [0.25, 0.3) is 5.91 Å². The summed E-state index contributed by atoms with van der Waals surface area (Å²) in [6, 6.07) is 13.6. The van der Waals surface area contributed by atoms with Gasteiger partial charge in [0.2, 0.25) is 0 Å². The minimum absolute atomic E-state index is 0.0716. The van der Waals surface area contributed by atoms with Gasteiger partial charge in [-0.3, -0.25) is 4.79 Å². The fraction of sp³-hybridized carbons (Fsp3) is 0.235. The van der Waals surface area contributed by atoms with E-state index in [2.05, 4.69) is 5.32 Å². The van der Waals surface area contributed by atoms with Crippen LogP contribution in [-0.4, -0.2) is 26.2 Å². The fourth-order valence-corrected chi connectivity index (χ4v) is 2.00. The third-order valence-electron chi connectivity index (χ3n) is 3.10. The summed E-state index contributed by atoms with van der Waals surface area (Å²) in [4.78, 5) is 11.7. The standard InChI is InChI=1S/C17H18FNO3/c1-21-15-8-4-2-6-13(15)10-11-19-17(20)12-22-16-9-5-3-7-14(16)18/h2-9H,10-12H2,1H3,(H,19,20). The maximum Gasteiger partial charge on any atom is 0.257 e. The van der Waals surface area contributed by atoms with Crippen molar-refractivity contribution in [3.05, 3.63) is 59.9 Å². The first-order chi connectivity index (χ1) is 10.7. The van der Waals surface area contributed by atoms with Crippen molar-refractivity contribution in [2.45, 2.75) is 6.42 Å². The van der Waals surface area contributed by atoms with Crippen molar-refractivity contribution in [1.29, 1.82) is 0 Å². The molecule has 0 atom stereocenters. The number of benzene rings is 2. The van der Waals surface area contributed by atoms with Crippen LogP contribution in [0.3, 0.4) is 0 Å². The summed E-state index contributed by atoms with van der Waals surface area (Å²) >= 11 is 0. The summed E-state index contributed by atoms with van der Waals surface area (Å²) in [6.45, 7) is 0.243. The highest BCUT2D eigenvalue weighted by Gasteiger charge is 2.07. The van der Waals surface area contributed by atoms with Gasteiger partial charge >= 0.3 is 0 Å². The molecule has 1 N–H and O–H groups in total. The van der Waals surface area contributed by atoms with Gasteiger partial charge in [0.05, 0.1) is 7.11 Å². The van der Waals surface area contributed by atoms with Gasteiger partial charge in [-0.15, -0.1) is 0 Å². The van der Waals surface area contributed by atoms with Crippen LogP contribution < -0.4 is 14.8 Å². The van der Waals surface area contributed by atoms with Gasteiger partial charge in [-0.1, -0.05) is 30.3 Å². The van der Waals surface area contributed by atoms with Crippen molar-refractivity contribution in [3.63, 3.8) is 0 Å². The highest BCUT2D eigenvalue weighted by atomic mass is 19.1. The number of para-hydroxylation sites is 2. The smallest absolute Gasteiger partial charge is 0.257 e. The van der Waals surface area contributed by atoms with Gasteiger partial charge in [0, 0.05) is 6.54 Å². The number of ether oxygens (including phenoxy) is 2. The number of methoxy groups -OCH3 is 1. The molecule has 0 aliphatic heterocycles. The number of amides is 1. The van der Waals surface area contributed by atoms with E-state index >= 15 is 0 Å². The number of carbonyl (C=O) groups is 1. The Kier molecular flexibility index (Phi) is 5.77. The zero-order valence-corrected chi connectivity index (χ0v) is 12.3. The van der Waals surface area contributed by atoms with Crippen LogP contribution in [0.15, 0.2) is 48.5 Å². The average molecular weight is 303 g/mol. The van der Waals surface area contributed by atoms with Crippen molar-refractivity contribution in [3.8, 4) is 11.5 Å². The van der Waals surface area contributed by atoms with Crippen LogP contribution in [0.25, 0.3) is 0 Å². The number of hydrogen-bond acceptors (Lipinski definition) is 3. The van der Waals surface area contributed by atoms with Crippen molar-refractivity contribution in [2.75, 3.05) is 20.3 Å². The summed E-state index contributed by atoms with van der Waals surface area (Å²) in [5.74, 6) is 0.0872. The zero-order valence-electron chi connectivity index (χ0n) is 12.3. The lowest BCUT2D eigenvalue weighted by atomic mass is 10.1. The molecule has 0 unspecified atom stereocenters. The molecule has 2 aromatic rings. The van der Waals surface area contributed by atoms with E-state index in [1.807, 2.05) is 24.3 Å². The fourth-order valence-electron chi connectivity index (χ4n) is 2.00. The van der Waals surface area contributed by atoms with Crippen LogP contribution in [0, 0.1) is 5.82 Å². The van der Waals surface area contributed by atoms with Crippen LogP contribution in [0.2, 0.25) is 0 Å². The lowest BCUT2D eigenvalue weighted by molar-refractivity contribution is -0.123. The summed E-state index contributed by atoms with van der Waals surface area (Å²) in [5, 5.41) is 2.73. The first-order valence-corrected chi connectivity index (χ1v) is 6.96. The lowest BCUT2D eigenvalue weighted by Gasteiger charge is -2.10. The normalized spacial score (nSPS) is 10.1. The molecule has 4 nitrogen and oxygen atoms in total. The molecular weight excluding hydrogens is 285 g/mol. The zero-order chi connectivity index (χ0) is 15.8. The van der Waals surface area contributed by atoms with E-state index in [9.17, 15) is 9.18 Å². The first kappa shape index (κ1) is 15.8. The lowest BCUT2D eigenvalue weighted by Crippen LogP contribution is -2.30. The SMILES string of the molecule is COc1ccccc1CCNC(=O)COc1ccccc1F. The maximum absolute atomic E-state index is 13.3. The van der Waals surface area contributed by atoms with Crippen LogP contribution in [-0.2, 0) is 11.2 Å². The van der Waals surface area contributed by atoms with Crippen molar-refractivity contribution < 1.29 is 18.7 Å². The Labute approximate surface area is 128 Å². The Morgan fingerprint density at radius 3 is 2.50 bits per heavy atom. The number of hydrogen-bond donors (Lipinski definition) is 1. The second-order valence-corrected chi connectivity index (χ2v) is 4.63. The Morgan fingerprint density at radius 2 is 1.77 bits per heavy atom. The summed E-state index contributed by atoms with van der Waals surface area (Å²) in [6.07, 6.45) is 0.648. The summed E-state index contributed by atoms with van der Waals surface area (Å²) < 4.78 is 23.7. The van der Waals surface area contributed by atoms with E-state index in [1.165, 1.54) is 12.1 Å². The van der Waals surface area contributed by atoms with E-state index in [0.29, 0.717) is 13.0 Å². The quantitative estimate of drug-likeness (QED) is 0.855. The van der Waals surface area contributed by atoms with Crippen molar-refractivity contribution >= 4 is 5.91 Å². The van der Waals surface area contributed by atoms with Gasteiger partial charge < -0.3 is 14.8 Å². The molecule has 2 rings (SSSR count). The molecule has 0 saturated heterocycles. The highest BCUT2D eigenvalue weighted by molar-refractivity contribution is 5.77. The predicted octanol–water partition coefficient (Wildman–Crippen LogP) is 2.57. The Balaban J connectivity index is 1.75. The largest absolute Gasteiger partial charge is 0.496 e. The van der Waals surface area contributed by atoms with Crippen LogP contribution in [0.5, 0.6) is 11.5 Å². The second-order valence-electron chi connectivity index (χ2n) is 4.63. The topological polar surface area (TPSA) is 47.6 Å². The Hall–Kier alpha value is -2.56. The third kappa shape index (κ3) is 4.48. The average Bonchev–Trinajstić information content (AvgIpc) is 2.54. The molecule has 0 radical (unpaired) electrons. The van der Waals surface area contributed by atoms with E-state index < -0.39 is 5.82 Å². The van der Waals surface area contributed by atoms with Gasteiger partial charge in [-0.2, -0.15) is 0 Å². The first-order valence-electron chi connectivity index (χ1n) is 6.96. The molecular formula is C17H18FNO3. The molecule has 0 aromatic heterocycles. The Bertz CT molecular complexity index is 631. The molecule has 1 amide bonds. The van der Waals surface area contributed by atoms with E-state index in [1.54, 1.807) is 19.2 Å². The maximum atomic E-state index is 13.3. The van der Waals surface area contributed by atoms with E-state index in [4.69, 9.17) is 9.47 Å². The number of rotatable bonds is 7. The van der Waals surface area contributed by atoms with Gasteiger partial charge in [-0.25, -0.2) is 4.39 Å². The predicted molar refractivity (Wildman–Crippen MR) is 81.6 cm³/mol. The van der Waals surface area contributed by atoms with Crippen molar-refractivity contribution in [1.82, 2.24) is 5.32 Å². The number of carbonyl (C=O) groups excluding carboxylic acids is 1. The summed E-state index contributed by atoms with van der Waals surface area (Å²) in [5.41, 5.74) is 1.01. The molecule has 5 heteroatoms. The molecule has 116 valence electrons.